The van der Waals surface area contributed by atoms with Crippen molar-refractivity contribution in [2.45, 2.75) is 38.6 Å². The second-order valence-electron chi connectivity index (χ2n) is 5.60. The predicted molar refractivity (Wildman–Crippen MR) is 83.0 cm³/mol. The number of hydrogen-bond acceptors (Lipinski definition) is 2. The molecule has 1 aromatic heterocycles. The molecule has 2 nitrogen and oxygen atoms in total. The third kappa shape index (κ3) is 2.61. The molecule has 0 saturated heterocycles. The number of fused-ring (bicyclic) bond motifs is 1. The average molecular weight is 266 g/mol. The largest absolute Gasteiger partial charge is 0.313 e. The van der Waals surface area contributed by atoms with Gasteiger partial charge in [0.1, 0.15) is 0 Å². The SMILES string of the molecule is CCc1ccc(Cc2ccc3c(c2)CCC3NC)nc1. The fourth-order valence-corrected chi connectivity index (χ4v) is 3.06. The molecule has 1 N–H and O–H groups in total. The van der Waals surface area contributed by atoms with Gasteiger partial charge in [0.05, 0.1) is 0 Å². The third-order valence-corrected chi connectivity index (χ3v) is 4.31. The molecule has 1 heterocycles. The van der Waals surface area contributed by atoms with Crippen molar-refractivity contribution in [1.82, 2.24) is 10.3 Å². The summed E-state index contributed by atoms with van der Waals surface area (Å²) in [6.07, 6.45) is 6.40. The molecule has 0 saturated carbocycles. The molecule has 2 aromatic rings. The van der Waals surface area contributed by atoms with Crippen LogP contribution >= 0.6 is 0 Å². The third-order valence-electron chi connectivity index (χ3n) is 4.31. The number of aromatic nitrogens is 1. The highest BCUT2D eigenvalue weighted by atomic mass is 14.9. The summed E-state index contributed by atoms with van der Waals surface area (Å²) < 4.78 is 0. The maximum atomic E-state index is 4.56. The summed E-state index contributed by atoms with van der Waals surface area (Å²) in [5.74, 6) is 0. The van der Waals surface area contributed by atoms with Crippen LogP contribution in [-0.4, -0.2) is 12.0 Å². The number of nitrogens with zero attached hydrogens (tertiary/aromatic N) is 1. The first-order valence-corrected chi connectivity index (χ1v) is 7.53. The molecule has 1 atom stereocenters. The molecule has 0 aliphatic heterocycles. The van der Waals surface area contributed by atoms with Crippen molar-refractivity contribution in [3.05, 3.63) is 64.5 Å². The molecule has 2 heteroatoms. The number of aryl methyl sites for hydroxylation is 2. The van der Waals surface area contributed by atoms with Gasteiger partial charge in [0.15, 0.2) is 0 Å². The highest BCUT2D eigenvalue weighted by molar-refractivity contribution is 5.39. The van der Waals surface area contributed by atoms with E-state index in [-0.39, 0.29) is 0 Å². The second-order valence-corrected chi connectivity index (χ2v) is 5.60. The van der Waals surface area contributed by atoms with Crippen molar-refractivity contribution in [2.75, 3.05) is 7.05 Å². The minimum absolute atomic E-state index is 0.543. The number of benzene rings is 1. The van der Waals surface area contributed by atoms with E-state index in [1.54, 1.807) is 0 Å². The quantitative estimate of drug-likeness (QED) is 0.917. The van der Waals surface area contributed by atoms with E-state index in [4.69, 9.17) is 0 Å². The van der Waals surface area contributed by atoms with Crippen molar-refractivity contribution >= 4 is 0 Å². The summed E-state index contributed by atoms with van der Waals surface area (Å²) in [6.45, 7) is 2.16. The summed E-state index contributed by atoms with van der Waals surface area (Å²) in [7, 11) is 2.05. The van der Waals surface area contributed by atoms with Crippen LogP contribution in [0.15, 0.2) is 36.5 Å². The smallest absolute Gasteiger partial charge is 0.0447 e. The fourth-order valence-electron chi connectivity index (χ4n) is 3.06. The Morgan fingerprint density at radius 3 is 2.75 bits per heavy atom. The molecular weight excluding hydrogens is 244 g/mol. The van der Waals surface area contributed by atoms with Gasteiger partial charge in [-0.15, -0.1) is 0 Å². The van der Waals surface area contributed by atoms with Crippen LogP contribution in [0.3, 0.4) is 0 Å². The Balaban J connectivity index is 1.78. The normalized spacial score (nSPS) is 17.2. The molecular formula is C18H22N2. The van der Waals surface area contributed by atoms with E-state index in [9.17, 15) is 0 Å². The maximum Gasteiger partial charge on any atom is 0.0447 e. The molecule has 20 heavy (non-hydrogen) atoms. The Kier molecular flexibility index (Phi) is 3.83. The summed E-state index contributed by atoms with van der Waals surface area (Å²) >= 11 is 0. The van der Waals surface area contributed by atoms with Gasteiger partial charge in [-0.05, 0) is 54.6 Å². The summed E-state index contributed by atoms with van der Waals surface area (Å²) in [6, 6.07) is 11.8. The van der Waals surface area contributed by atoms with Crippen molar-refractivity contribution in [2.24, 2.45) is 0 Å². The minimum Gasteiger partial charge on any atom is -0.313 e. The van der Waals surface area contributed by atoms with E-state index in [2.05, 4.69) is 47.6 Å². The van der Waals surface area contributed by atoms with Crippen LogP contribution in [0.4, 0.5) is 0 Å². The Bertz CT molecular complexity index is 587. The van der Waals surface area contributed by atoms with Gasteiger partial charge in [-0.2, -0.15) is 0 Å². The van der Waals surface area contributed by atoms with Gasteiger partial charge in [-0.3, -0.25) is 4.98 Å². The van der Waals surface area contributed by atoms with Crippen LogP contribution in [0.2, 0.25) is 0 Å². The van der Waals surface area contributed by atoms with E-state index in [0.717, 1.165) is 18.5 Å². The van der Waals surface area contributed by atoms with Crippen LogP contribution in [0.1, 0.15) is 47.3 Å². The molecule has 1 aliphatic carbocycles. The molecule has 1 aliphatic rings. The van der Waals surface area contributed by atoms with Gasteiger partial charge in [-0.1, -0.05) is 31.2 Å². The minimum atomic E-state index is 0.543. The standard InChI is InChI=1S/C18H22N2/c1-3-13-4-7-16(20-12-13)11-14-5-8-17-15(10-14)6-9-18(17)19-2/h4-5,7-8,10,12,18-19H,3,6,9,11H2,1-2H3. The van der Waals surface area contributed by atoms with Crippen LogP contribution in [-0.2, 0) is 19.3 Å². The first-order chi connectivity index (χ1) is 9.80. The zero-order valence-electron chi connectivity index (χ0n) is 12.3. The monoisotopic (exact) mass is 266 g/mol. The zero-order valence-corrected chi connectivity index (χ0v) is 12.3. The average Bonchev–Trinajstić information content (AvgIpc) is 2.90. The lowest BCUT2D eigenvalue weighted by Crippen LogP contribution is -2.12. The summed E-state index contributed by atoms with van der Waals surface area (Å²) in [5.41, 5.74) is 6.82. The lowest BCUT2D eigenvalue weighted by molar-refractivity contribution is 0.590. The lowest BCUT2D eigenvalue weighted by atomic mass is 10.0. The molecule has 0 fully saturated rings. The summed E-state index contributed by atoms with van der Waals surface area (Å²) in [5, 5.41) is 3.39. The fraction of sp³-hybridized carbons (Fsp3) is 0.389. The second kappa shape index (κ2) is 5.76. The number of hydrogen-bond donors (Lipinski definition) is 1. The molecule has 0 bridgehead atoms. The lowest BCUT2D eigenvalue weighted by Gasteiger charge is -2.10. The van der Waals surface area contributed by atoms with E-state index >= 15 is 0 Å². The van der Waals surface area contributed by atoms with Crippen molar-refractivity contribution < 1.29 is 0 Å². The van der Waals surface area contributed by atoms with Gasteiger partial charge in [0.2, 0.25) is 0 Å². The molecule has 0 radical (unpaired) electrons. The Morgan fingerprint density at radius 1 is 1.20 bits per heavy atom. The van der Waals surface area contributed by atoms with E-state index in [1.165, 1.54) is 35.1 Å². The molecule has 0 amide bonds. The van der Waals surface area contributed by atoms with Crippen molar-refractivity contribution in [1.29, 1.82) is 0 Å². The van der Waals surface area contributed by atoms with Crippen molar-refractivity contribution in [3.8, 4) is 0 Å². The molecule has 0 spiro atoms. The zero-order chi connectivity index (χ0) is 13.9. The topological polar surface area (TPSA) is 24.9 Å². The van der Waals surface area contributed by atoms with Crippen molar-refractivity contribution in [3.63, 3.8) is 0 Å². The van der Waals surface area contributed by atoms with Crippen LogP contribution in [0, 0.1) is 0 Å². The van der Waals surface area contributed by atoms with Gasteiger partial charge >= 0.3 is 0 Å². The Labute approximate surface area is 121 Å². The van der Waals surface area contributed by atoms with Gasteiger partial charge in [-0.25, -0.2) is 0 Å². The number of pyridine rings is 1. The highest BCUT2D eigenvalue weighted by Crippen LogP contribution is 2.31. The first-order valence-electron chi connectivity index (χ1n) is 7.53. The van der Waals surface area contributed by atoms with Crippen LogP contribution in [0.25, 0.3) is 0 Å². The number of nitrogens with one attached hydrogen (secondary N) is 1. The maximum absolute atomic E-state index is 4.56. The first kappa shape index (κ1) is 13.3. The molecule has 104 valence electrons. The van der Waals surface area contributed by atoms with Crippen LogP contribution < -0.4 is 5.32 Å². The number of rotatable bonds is 4. The van der Waals surface area contributed by atoms with E-state index < -0.39 is 0 Å². The highest BCUT2D eigenvalue weighted by Gasteiger charge is 2.20. The molecule has 3 rings (SSSR count). The van der Waals surface area contributed by atoms with Gasteiger partial charge in [0, 0.05) is 24.4 Å². The Hall–Kier alpha value is -1.67. The predicted octanol–water partition coefficient (Wildman–Crippen LogP) is 3.44. The Morgan fingerprint density at radius 2 is 2.05 bits per heavy atom. The van der Waals surface area contributed by atoms with E-state index in [1.807, 2.05) is 13.2 Å². The van der Waals surface area contributed by atoms with E-state index in [0.29, 0.717) is 6.04 Å². The summed E-state index contributed by atoms with van der Waals surface area (Å²) in [4.78, 5) is 4.56. The molecule has 1 aromatic carbocycles. The van der Waals surface area contributed by atoms with Gasteiger partial charge < -0.3 is 5.32 Å². The van der Waals surface area contributed by atoms with Gasteiger partial charge in [0.25, 0.3) is 0 Å². The molecule has 1 unspecified atom stereocenters. The van der Waals surface area contributed by atoms with Crippen LogP contribution in [0.5, 0.6) is 0 Å².